The van der Waals surface area contributed by atoms with Crippen molar-refractivity contribution in [2.75, 3.05) is 12.4 Å². The van der Waals surface area contributed by atoms with Crippen LogP contribution in [0.25, 0.3) is 6.08 Å². The molecule has 2 aromatic rings. The molecule has 1 fully saturated rings. The molecule has 1 saturated carbocycles. The summed E-state index contributed by atoms with van der Waals surface area (Å²) in [7, 11) is -1.93. The lowest BCUT2D eigenvalue weighted by Crippen LogP contribution is -2.38. The number of anilines is 1. The summed E-state index contributed by atoms with van der Waals surface area (Å²) >= 11 is 5.14. The number of halogens is 1. The first kappa shape index (κ1) is 24.0. The van der Waals surface area contributed by atoms with Crippen molar-refractivity contribution in [1.29, 1.82) is 0 Å². The normalized spacial score (nSPS) is 15.1. The van der Waals surface area contributed by atoms with E-state index in [0.29, 0.717) is 11.3 Å². The molecule has 2 N–H and O–H groups in total. The van der Waals surface area contributed by atoms with Gasteiger partial charge in [-0.25, -0.2) is 12.8 Å². The molecular formula is C23H26FN3O3S2. The van der Waals surface area contributed by atoms with Gasteiger partial charge in [0, 0.05) is 24.9 Å². The Bertz CT molecular complexity index is 1080. The van der Waals surface area contributed by atoms with E-state index in [0.717, 1.165) is 32.1 Å². The van der Waals surface area contributed by atoms with Gasteiger partial charge in [0.25, 0.3) is 0 Å². The Morgan fingerprint density at radius 3 is 2.31 bits per heavy atom. The molecule has 3 rings (SSSR count). The molecule has 2 aromatic carbocycles. The lowest BCUT2D eigenvalue weighted by Gasteiger charge is -2.30. The number of rotatable bonds is 6. The Labute approximate surface area is 193 Å². The van der Waals surface area contributed by atoms with Gasteiger partial charge in [-0.2, -0.15) is 4.31 Å². The highest BCUT2D eigenvalue weighted by molar-refractivity contribution is 7.89. The largest absolute Gasteiger partial charge is 0.332 e. The van der Waals surface area contributed by atoms with Crippen LogP contribution in [0.2, 0.25) is 0 Å². The number of thiocarbonyl (C=S) groups is 1. The summed E-state index contributed by atoms with van der Waals surface area (Å²) in [4.78, 5) is 12.2. The molecule has 9 heteroatoms. The van der Waals surface area contributed by atoms with Gasteiger partial charge in [0.05, 0.1) is 4.90 Å². The fourth-order valence-electron chi connectivity index (χ4n) is 3.58. The third kappa shape index (κ3) is 6.44. The van der Waals surface area contributed by atoms with Crippen LogP contribution in [0, 0.1) is 5.82 Å². The lowest BCUT2D eigenvalue weighted by molar-refractivity contribution is -0.115. The Morgan fingerprint density at radius 2 is 1.69 bits per heavy atom. The van der Waals surface area contributed by atoms with Gasteiger partial charge in [-0.05, 0) is 73.1 Å². The topological polar surface area (TPSA) is 78.5 Å². The molecule has 0 heterocycles. The molecule has 0 bridgehead atoms. The Kier molecular flexibility index (Phi) is 8.11. The van der Waals surface area contributed by atoms with E-state index in [2.05, 4.69) is 10.6 Å². The molecule has 0 atom stereocenters. The molecule has 170 valence electrons. The molecule has 0 aliphatic heterocycles. The van der Waals surface area contributed by atoms with Gasteiger partial charge >= 0.3 is 0 Å². The zero-order valence-corrected chi connectivity index (χ0v) is 19.4. The first-order valence-electron chi connectivity index (χ1n) is 10.4. The number of amides is 1. The maximum absolute atomic E-state index is 12.9. The summed E-state index contributed by atoms with van der Waals surface area (Å²) < 4.78 is 40.2. The molecule has 0 aromatic heterocycles. The van der Waals surface area contributed by atoms with E-state index in [4.69, 9.17) is 12.2 Å². The minimum absolute atomic E-state index is 0.0392. The molecule has 0 unspecified atom stereocenters. The molecule has 0 radical (unpaired) electrons. The van der Waals surface area contributed by atoms with Crippen molar-refractivity contribution in [2.45, 2.75) is 43.0 Å². The van der Waals surface area contributed by atoms with Gasteiger partial charge in [0.15, 0.2) is 5.11 Å². The van der Waals surface area contributed by atoms with E-state index in [1.807, 2.05) is 0 Å². The fraction of sp³-hybridized carbons (Fsp3) is 0.304. The molecule has 32 heavy (non-hydrogen) atoms. The van der Waals surface area contributed by atoms with Crippen molar-refractivity contribution in [2.24, 2.45) is 0 Å². The van der Waals surface area contributed by atoms with Crippen LogP contribution in [0.5, 0.6) is 0 Å². The molecule has 6 nitrogen and oxygen atoms in total. The average Bonchev–Trinajstić information content (AvgIpc) is 2.79. The van der Waals surface area contributed by atoms with Crippen LogP contribution in [0.15, 0.2) is 59.5 Å². The highest BCUT2D eigenvalue weighted by atomic mass is 32.2. The van der Waals surface area contributed by atoms with E-state index >= 15 is 0 Å². The van der Waals surface area contributed by atoms with Crippen LogP contribution in [0.3, 0.4) is 0 Å². The number of hydrogen-bond donors (Lipinski definition) is 2. The third-order valence-electron chi connectivity index (χ3n) is 5.41. The maximum atomic E-state index is 12.9. The third-order valence-corrected chi connectivity index (χ3v) is 7.54. The number of carbonyl (C=O) groups excluding carboxylic acids is 1. The summed E-state index contributed by atoms with van der Waals surface area (Å²) in [5, 5.41) is 5.44. The van der Waals surface area contributed by atoms with Gasteiger partial charge in [0.2, 0.25) is 15.9 Å². The number of benzene rings is 2. The molecule has 1 aliphatic rings. The molecule has 1 aliphatic carbocycles. The minimum atomic E-state index is -3.57. The Hall–Kier alpha value is -2.62. The Balaban J connectivity index is 1.55. The zero-order chi connectivity index (χ0) is 23.1. The number of sulfonamides is 1. The van der Waals surface area contributed by atoms with Crippen molar-refractivity contribution in [1.82, 2.24) is 9.62 Å². The Morgan fingerprint density at radius 1 is 1.06 bits per heavy atom. The monoisotopic (exact) mass is 475 g/mol. The number of carbonyl (C=O) groups is 1. The summed E-state index contributed by atoms with van der Waals surface area (Å²) in [5.74, 6) is -0.795. The molecule has 0 spiro atoms. The van der Waals surface area contributed by atoms with Crippen LogP contribution in [-0.4, -0.2) is 36.8 Å². The maximum Gasteiger partial charge on any atom is 0.250 e. The van der Waals surface area contributed by atoms with Crippen molar-refractivity contribution < 1.29 is 17.6 Å². The van der Waals surface area contributed by atoms with E-state index in [1.54, 1.807) is 37.4 Å². The first-order chi connectivity index (χ1) is 15.3. The van der Waals surface area contributed by atoms with Gasteiger partial charge in [0.1, 0.15) is 5.82 Å². The number of nitrogens with one attached hydrogen (secondary N) is 2. The minimum Gasteiger partial charge on any atom is -0.332 e. The lowest BCUT2D eigenvalue weighted by atomic mass is 9.96. The van der Waals surface area contributed by atoms with Crippen LogP contribution in [0.1, 0.15) is 37.7 Å². The highest BCUT2D eigenvalue weighted by Gasteiger charge is 2.28. The SMILES string of the molecule is CN(C1CCCCC1)S(=O)(=O)c1ccc(NC(=S)NC(=O)/C=C/c2ccc(F)cc2)cc1. The zero-order valence-electron chi connectivity index (χ0n) is 17.8. The first-order valence-corrected chi connectivity index (χ1v) is 12.2. The second-order valence-corrected chi connectivity index (χ2v) is 10.1. The van der Waals surface area contributed by atoms with Crippen molar-refractivity contribution >= 4 is 45.0 Å². The molecular weight excluding hydrogens is 449 g/mol. The van der Waals surface area contributed by atoms with Crippen molar-refractivity contribution in [3.63, 3.8) is 0 Å². The quantitative estimate of drug-likeness (QED) is 0.481. The van der Waals surface area contributed by atoms with Crippen LogP contribution in [-0.2, 0) is 14.8 Å². The van der Waals surface area contributed by atoms with Gasteiger partial charge < -0.3 is 5.32 Å². The average molecular weight is 476 g/mol. The predicted molar refractivity (Wildman–Crippen MR) is 128 cm³/mol. The fourth-order valence-corrected chi connectivity index (χ4v) is 5.21. The highest BCUT2D eigenvalue weighted by Crippen LogP contribution is 2.27. The van der Waals surface area contributed by atoms with E-state index in [-0.39, 0.29) is 21.9 Å². The van der Waals surface area contributed by atoms with Crippen molar-refractivity contribution in [3.8, 4) is 0 Å². The summed E-state index contributed by atoms with van der Waals surface area (Å²) in [6, 6.07) is 12.0. The summed E-state index contributed by atoms with van der Waals surface area (Å²) in [6.07, 6.45) is 7.87. The van der Waals surface area contributed by atoms with E-state index in [1.165, 1.54) is 34.6 Å². The van der Waals surface area contributed by atoms with E-state index in [9.17, 15) is 17.6 Å². The molecule has 0 saturated heterocycles. The van der Waals surface area contributed by atoms with Gasteiger partial charge in [-0.1, -0.05) is 31.4 Å². The van der Waals surface area contributed by atoms with Gasteiger partial charge in [-0.15, -0.1) is 0 Å². The second kappa shape index (κ2) is 10.8. The number of nitrogens with zero attached hydrogens (tertiary/aromatic N) is 1. The summed E-state index contributed by atoms with van der Waals surface area (Å²) in [5.41, 5.74) is 1.23. The number of hydrogen-bond acceptors (Lipinski definition) is 4. The predicted octanol–water partition coefficient (Wildman–Crippen LogP) is 4.31. The van der Waals surface area contributed by atoms with Crippen LogP contribution in [0.4, 0.5) is 10.1 Å². The van der Waals surface area contributed by atoms with Crippen LogP contribution < -0.4 is 10.6 Å². The summed E-state index contributed by atoms with van der Waals surface area (Å²) in [6.45, 7) is 0. The van der Waals surface area contributed by atoms with E-state index < -0.39 is 15.9 Å². The second-order valence-electron chi connectivity index (χ2n) is 7.67. The van der Waals surface area contributed by atoms with Gasteiger partial charge in [-0.3, -0.25) is 10.1 Å². The van der Waals surface area contributed by atoms with Crippen LogP contribution >= 0.6 is 12.2 Å². The van der Waals surface area contributed by atoms with Crippen molar-refractivity contribution in [3.05, 3.63) is 66.0 Å². The standard InChI is InChI=1S/C23H26FN3O3S2/c1-27(20-5-3-2-4-6-20)32(29,30)21-14-12-19(13-15-21)25-23(31)26-22(28)16-9-17-7-10-18(24)11-8-17/h7-16,20H,2-6H2,1H3,(H2,25,26,28,31)/b16-9+. The molecule has 1 amide bonds. The smallest absolute Gasteiger partial charge is 0.250 e.